The molecule has 0 aromatic heterocycles. The lowest BCUT2D eigenvalue weighted by molar-refractivity contribution is -0.118. The molecule has 1 unspecified atom stereocenters. The van der Waals surface area contributed by atoms with Crippen molar-refractivity contribution >= 4 is 34.0 Å². The molecule has 1 N–H and O–H groups in total. The maximum Gasteiger partial charge on any atom is 0.250 e. The second-order valence-electron chi connectivity index (χ2n) is 5.64. The van der Waals surface area contributed by atoms with E-state index in [0.717, 1.165) is 22.0 Å². The Morgan fingerprint density at radius 1 is 1.00 bits per heavy atom. The van der Waals surface area contributed by atoms with E-state index >= 15 is 0 Å². The van der Waals surface area contributed by atoms with Crippen molar-refractivity contribution in [3.8, 4) is 0 Å². The van der Waals surface area contributed by atoms with Crippen molar-refractivity contribution in [3.05, 3.63) is 91.0 Å². The van der Waals surface area contributed by atoms with Crippen LogP contribution in [0.25, 0.3) is 10.8 Å². The Morgan fingerprint density at radius 3 is 2.42 bits per heavy atom. The monoisotopic (exact) mass is 335 g/mol. The number of hydrogen-bond acceptors (Lipinski definition) is 1. The lowest BCUT2D eigenvalue weighted by Crippen LogP contribution is -2.35. The van der Waals surface area contributed by atoms with Crippen molar-refractivity contribution in [1.29, 1.82) is 0 Å². The number of allylic oxidation sites excluding steroid dienone is 1. The Labute approximate surface area is 146 Å². The van der Waals surface area contributed by atoms with Crippen molar-refractivity contribution in [1.82, 2.24) is 0 Å². The second-order valence-corrected chi connectivity index (χ2v) is 6.29. The summed E-state index contributed by atoms with van der Waals surface area (Å²) in [6.45, 7) is 3.75. The molecular formula is C21H18ClNO. The minimum atomic E-state index is -1.18. The average molecular weight is 336 g/mol. The summed E-state index contributed by atoms with van der Waals surface area (Å²) in [6.07, 6.45) is 2.01. The number of fused-ring (bicyclic) bond motifs is 1. The van der Waals surface area contributed by atoms with Crippen LogP contribution in [0.3, 0.4) is 0 Å². The SMILES string of the molecule is C=CCC(Cl)(C(=O)Nc1cccc2ccccc12)c1ccccc1. The van der Waals surface area contributed by atoms with E-state index in [-0.39, 0.29) is 5.91 Å². The molecule has 24 heavy (non-hydrogen) atoms. The van der Waals surface area contributed by atoms with E-state index in [9.17, 15) is 4.79 Å². The van der Waals surface area contributed by atoms with Gasteiger partial charge in [-0.25, -0.2) is 0 Å². The van der Waals surface area contributed by atoms with Crippen LogP contribution in [0.4, 0.5) is 5.69 Å². The van der Waals surface area contributed by atoms with Crippen LogP contribution in [0.5, 0.6) is 0 Å². The van der Waals surface area contributed by atoms with E-state index in [4.69, 9.17) is 11.6 Å². The first-order valence-corrected chi connectivity index (χ1v) is 8.17. The van der Waals surface area contributed by atoms with E-state index in [1.165, 1.54) is 0 Å². The van der Waals surface area contributed by atoms with Gasteiger partial charge in [0.25, 0.3) is 0 Å². The van der Waals surface area contributed by atoms with Gasteiger partial charge < -0.3 is 5.32 Å². The minimum Gasteiger partial charge on any atom is -0.324 e. The molecule has 120 valence electrons. The summed E-state index contributed by atoms with van der Waals surface area (Å²) in [5.74, 6) is -0.258. The van der Waals surface area contributed by atoms with Gasteiger partial charge in [-0.05, 0) is 23.4 Å². The average Bonchev–Trinajstić information content (AvgIpc) is 2.63. The van der Waals surface area contributed by atoms with Crippen LogP contribution >= 0.6 is 11.6 Å². The topological polar surface area (TPSA) is 29.1 Å². The van der Waals surface area contributed by atoms with Crippen molar-refractivity contribution < 1.29 is 4.79 Å². The first kappa shape index (κ1) is 16.3. The van der Waals surface area contributed by atoms with Gasteiger partial charge in [-0.3, -0.25) is 4.79 Å². The van der Waals surface area contributed by atoms with Crippen LogP contribution < -0.4 is 5.32 Å². The highest BCUT2D eigenvalue weighted by Crippen LogP contribution is 2.35. The molecule has 0 heterocycles. The molecule has 3 heteroatoms. The molecule has 0 aliphatic rings. The van der Waals surface area contributed by atoms with Gasteiger partial charge in [0.1, 0.15) is 0 Å². The molecule has 1 amide bonds. The third-order valence-electron chi connectivity index (χ3n) is 4.05. The number of alkyl halides is 1. The maximum atomic E-state index is 13.0. The van der Waals surface area contributed by atoms with Crippen LogP contribution in [-0.4, -0.2) is 5.91 Å². The largest absolute Gasteiger partial charge is 0.324 e. The molecule has 1 atom stereocenters. The van der Waals surface area contributed by atoms with E-state index in [0.29, 0.717) is 6.42 Å². The molecule has 0 radical (unpaired) electrons. The van der Waals surface area contributed by atoms with Gasteiger partial charge in [0.2, 0.25) is 5.91 Å². The summed E-state index contributed by atoms with van der Waals surface area (Å²) in [7, 11) is 0. The molecule has 0 fully saturated rings. The highest BCUT2D eigenvalue weighted by Gasteiger charge is 2.37. The normalized spacial score (nSPS) is 13.2. The van der Waals surface area contributed by atoms with Gasteiger partial charge in [0.05, 0.1) is 0 Å². The summed E-state index contributed by atoms with van der Waals surface area (Å²) >= 11 is 6.73. The van der Waals surface area contributed by atoms with Crippen LogP contribution in [0, 0.1) is 0 Å². The predicted molar refractivity (Wildman–Crippen MR) is 101 cm³/mol. The Hall–Kier alpha value is -2.58. The van der Waals surface area contributed by atoms with Gasteiger partial charge in [0.15, 0.2) is 4.87 Å². The van der Waals surface area contributed by atoms with Gasteiger partial charge >= 0.3 is 0 Å². The molecule has 3 rings (SSSR count). The molecule has 3 aromatic rings. The minimum absolute atomic E-state index is 0.258. The summed E-state index contributed by atoms with van der Waals surface area (Å²) < 4.78 is 0. The Kier molecular flexibility index (Phi) is 4.68. The van der Waals surface area contributed by atoms with E-state index in [2.05, 4.69) is 11.9 Å². The van der Waals surface area contributed by atoms with Crippen molar-refractivity contribution in [2.24, 2.45) is 0 Å². The highest BCUT2D eigenvalue weighted by atomic mass is 35.5. The zero-order valence-corrected chi connectivity index (χ0v) is 14.0. The molecule has 0 saturated heterocycles. The molecule has 2 nitrogen and oxygen atoms in total. The third-order valence-corrected chi connectivity index (χ3v) is 4.60. The number of carbonyl (C=O) groups excluding carboxylic acids is 1. The van der Waals surface area contributed by atoms with E-state index < -0.39 is 4.87 Å². The standard InChI is InChI=1S/C21H18ClNO/c1-2-15-21(22,17-11-4-3-5-12-17)20(24)23-19-14-8-10-16-9-6-7-13-18(16)19/h2-14H,1,15H2,(H,23,24). The van der Waals surface area contributed by atoms with Gasteiger partial charge in [0, 0.05) is 11.1 Å². The van der Waals surface area contributed by atoms with Crippen LogP contribution in [0.1, 0.15) is 12.0 Å². The summed E-state index contributed by atoms with van der Waals surface area (Å²) in [5.41, 5.74) is 1.51. The maximum absolute atomic E-state index is 13.0. The quantitative estimate of drug-likeness (QED) is 0.485. The summed E-state index contributed by atoms with van der Waals surface area (Å²) in [4.78, 5) is 11.8. The number of nitrogens with one attached hydrogen (secondary N) is 1. The third kappa shape index (κ3) is 3.06. The predicted octanol–water partition coefficient (Wildman–Crippen LogP) is 5.49. The Morgan fingerprint density at radius 2 is 1.67 bits per heavy atom. The number of anilines is 1. The van der Waals surface area contributed by atoms with Gasteiger partial charge in [-0.2, -0.15) is 0 Å². The number of benzene rings is 3. The molecular weight excluding hydrogens is 318 g/mol. The zero-order valence-electron chi connectivity index (χ0n) is 13.2. The van der Waals surface area contributed by atoms with Crippen molar-refractivity contribution in [3.63, 3.8) is 0 Å². The fourth-order valence-electron chi connectivity index (χ4n) is 2.80. The lowest BCUT2D eigenvalue weighted by Gasteiger charge is -2.25. The van der Waals surface area contributed by atoms with Crippen LogP contribution in [0.15, 0.2) is 85.5 Å². The molecule has 0 spiro atoms. The Balaban J connectivity index is 1.98. The molecule has 0 saturated carbocycles. The number of amides is 1. The van der Waals surface area contributed by atoms with Crippen LogP contribution in [0.2, 0.25) is 0 Å². The number of rotatable bonds is 5. The smallest absolute Gasteiger partial charge is 0.250 e. The number of hydrogen-bond donors (Lipinski definition) is 1. The molecule has 0 bridgehead atoms. The van der Waals surface area contributed by atoms with E-state index in [1.54, 1.807) is 6.08 Å². The van der Waals surface area contributed by atoms with E-state index in [1.807, 2.05) is 72.8 Å². The number of carbonyl (C=O) groups is 1. The number of halogens is 1. The summed E-state index contributed by atoms with van der Waals surface area (Å²) in [6, 6.07) is 23.1. The first-order chi connectivity index (χ1) is 11.6. The van der Waals surface area contributed by atoms with Crippen LogP contribution in [-0.2, 0) is 9.67 Å². The van der Waals surface area contributed by atoms with Gasteiger partial charge in [-0.15, -0.1) is 18.2 Å². The second kappa shape index (κ2) is 6.90. The highest BCUT2D eigenvalue weighted by molar-refractivity contribution is 6.36. The fraction of sp³-hybridized carbons (Fsp3) is 0.0952. The zero-order chi connectivity index (χ0) is 17.0. The Bertz CT molecular complexity index is 870. The molecule has 0 aliphatic heterocycles. The van der Waals surface area contributed by atoms with Crippen molar-refractivity contribution in [2.75, 3.05) is 5.32 Å². The molecule has 0 aliphatic carbocycles. The van der Waals surface area contributed by atoms with Gasteiger partial charge in [-0.1, -0.05) is 72.8 Å². The lowest BCUT2D eigenvalue weighted by atomic mass is 9.93. The fourth-order valence-corrected chi connectivity index (χ4v) is 3.08. The first-order valence-electron chi connectivity index (χ1n) is 7.80. The van der Waals surface area contributed by atoms with Crippen molar-refractivity contribution in [2.45, 2.75) is 11.3 Å². The summed E-state index contributed by atoms with van der Waals surface area (Å²) in [5, 5.41) is 5.04. The molecule has 3 aromatic carbocycles.